The van der Waals surface area contributed by atoms with Crippen molar-refractivity contribution in [2.45, 2.75) is 12.2 Å². The number of carboxylic acid groups (broad SMARTS) is 1. The van der Waals surface area contributed by atoms with Crippen molar-refractivity contribution < 1.29 is 18.5 Å². The molecule has 0 aliphatic heterocycles. The molecule has 0 spiro atoms. The van der Waals surface area contributed by atoms with E-state index in [2.05, 4.69) is 0 Å². The van der Waals surface area contributed by atoms with Crippen LogP contribution in [0.1, 0.15) is 12.0 Å². The Kier molecular flexibility index (Phi) is 4.89. The van der Waals surface area contributed by atoms with Crippen LogP contribution < -0.4 is 0 Å². The maximum absolute atomic E-state index is 13.3. The number of carbonyl (C=O) groups is 1. The van der Waals surface area contributed by atoms with Crippen molar-refractivity contribution >= 4 is 28.4 Å². The third-order valence-electron chi connectivity index (χ3n) is 1.91. The van der Waals surface area contributed by atoms with Crippen LogP contribution in [0.2, 0.25) is 5.02 Å². The average Bonchev–Trinajstić information content (AvgIpc) is 2.21. The molecule has 0 aromatic heterocycles. The fourth-order valence-corrected chi connectivity index (χ4v) is 2.58. The number of hydrogen-bond acceptors (Lipinski definition) is 2. The van der Waals surface area contributed by atoms with E-state index in [9.17, 15) is 13.4 Å². The molecule has 1 aromatic carbocycles. The van der Waals surface area contributed by atoms with Crippen molar-refractivity contribution in [2.75, 3.05) is 5.75 Å². The minimum Gasteiger partial charge on any atom is -0.481 e. The van der Waals surface area contributed by atoms with Crippen molar-refractivity contribution in [3.63, 3.8) is 0 Å². The number of rotatable bonds is 5. The Morgan fingerprint density at radius 2 is 2.19 bits per heavy atom. The maximum atomic E-state index is 13.3. The molecular weight excluding hydrogens is 255 g/mol. The van der Waals surface area contributed by atoms with Gasteiger partial charge in [-0.2, -0.15) is 0 Å². The fourth-order valence-electron chi connectivity index (χ4n) is 1.10. The molecule has 0 saturated heterocycles. The first-order valence-electron chi connectivity index (χ1n) is 4.50. The number of halogens is 2. The molecule has 0 radical (unpaired) electrons. The molecule has 3 nitrogen and oxygen atoms in total. The van der Waals surface area contributed by atoms with E-state index >= 15 is 0 Å². The van der Waals surface area contributed by atoms with Gasteiger partial charge in [-0.1, -0.05) is 17.7 Å². The van der Waals surface area contributed by atoms with Crippen LogP contribution >= 0.6 is 11.6 Å². The van der Waals surface area contributed by atoms with E-state index in [1.54, 1.807) is 0 Å². The van der Waals surface area contributed by atoms with Gasteiger partial charge in [-0.3, -0.25) is 9.00 Å². The van der Waals surface area contributed by atoms with Crippen LogP contribution in [-0.4, -0.2) is 21.0 Å². The van der Waals surface area contributed by atoms with Crippen LogP contribution in [0.5, 0.6) is 0 Å². The highest BCUT2D eigenvalue weighted by Gasteiger charge is 2.11. The Bertz CT molecular complexity index is 402. The Morgan fingerprint density at radius 3 is 2.75 bits per heavy atom. The molecule has 16 heavy (non-hydrogen) atoms. The van der Waals surface area contributed by atoms with Crippen LogP contribution in [-0.2, 0) is 21.3 Å². The van der Waals surface area contributed by atoms with E-state index in [-0.39, 0.29) is 28.5 Å². The van der Waals surface area contributed by atoms with Gasteiger partial charge in [0.25, 0.3) is 0 Å². The predicted octanol–water partition coefficient (Wildman–Crippen LogP) is 2.20. The summed E-state index contributed by atoms with van der Waals surface area (Å²) >= 11 is 5.75. The second-order valence-corrected chi connectivity index (χ2v) is 5.12. The molecule has 0 fully saturated rings. The van der Waals surface area contributed by atoms with E-state index in [1.807, 2.05) is 0 Å². The molecule has 0 heterocycles. The molecule has 1 rings (SSSR count). The lowest BCUT2D eigenvalue weighted by Crippen LogP contribution is -2.07. The van der Waals surface area contributed by atoms with Gasteiger partial charge in [-0.25, -0.2) is 4.39 Å². The molecule has 0 aliphatic carbocycles. The molecule has 1 N–H and O–H groups in total. The van der Waals surface area contributed by atoms with Crippen LogP contribution in [0, 0.1) is 5.82 Å². The zero-order chi connectivity index (χ0) is 12.1. The smallest absolute Gasteiger partial charge is 0.304 e. The lowest BCUT2D eigenvalue weighted by molar-refractivity contribution is -0.136. The van der Waals surface area contributed by atoms with Crippen LogP contribution in [0.15, 0.2) is 18.2 Å². The normalized spacial score (nSPS) is 12.4. The molecular formula is C10H10ClFO3S. The SMILES string of the molecule is O=C(O)CCS(=O)Cc1c(F)cccc1Cl. The number of hydrogen-bond donors (Lipinski definition) is 1. The topological polar surface area (TPSA) is 54.4 Å². The second kappa shape index (κ2) is 5.96. The number of aliphatic carboxylic acids is 1. The Labute approximate surface area is 99.7 Å². The quantitative estimate of drug-likeness (QED) is 0.887. The highest BCUT2D eigenvalue weighted by molar-refractivity contribution is 7.84. The Morgan fingerprint density at radius 1 is 1.50 bits per heavy atom. The lowest BCUT2D eigenvalue weighted by atomic mass is 10.2. The summed E-state index contributed by atoms with van der Waals surface area (Å²) in [4.78, 5) is 10.3. The lowest BCUT2D eigenvalue weighted by Gasteiger charge is -2.04. The third kappa shape index (κ3) is 3.90. The first-order chi connectivity index (χ1) is 7.50. The molecule has 0 amide bonds. The zero-order valence-electron chi connectivity index (χ0n) is 8.28. The molecule has 0 bridgehead atoms. The summed E-state index contributed by atoms with van der Waals surface area (Å²) in [6.07, 6.45) is -0.196. The molecule has 0 aliphatic rings. The van der Waals surface area contributed by atoms with Gasteiger partial charge in [-0.15, -0.1) is 0 Å². The summed E-state index contributed by atoms with van der Waals surface area (Å²) in [5.41, 5.74) is 0.174. The highest BCUT2D eigenvalue weighted by atomic mass is 35.5. The average molecular weight is 265 g/mol. The molecule has 6 heteroatoms. The standard InChI is InChI=1S/C10H10ClFO3S/c11-8-2-1-3-9(12)7(8)6-16(15)5-4-10(13)14/h1-3H,4-6H2,(H,13,14). The predicted molar refractivity (Wildman–Crippen MR) is 60.4 cm³/mol. The minimum absolute atomic E-state index is 0.00000346. The monoisotopic (exact) mass is 264 g/mol. The van der Waals surface area contributed by atoms with E-state index in [0.29, 0.717) is 0 Å². The van der Waals surface area contributed by atoms with E-state index in [0.717, 1.165) is 0 Å². The molecule has 1 atom stereocenters. The van der Waals surface area contributed by atoms with E-state index in [1.165, 1.54) is 18.2 Å². The van der Waals surface area contributed by atoms with Gasteiger partial charge in [0.2, 0.25) is 0 Å². The largest absolute Gasteiger partial charge is 0.481 e. The summed E-state index contributed by atoms with van der Waals surface area (Å²) in [6, 6.07) is 4.20. The van der Waals surface area contributed by atoms with Gasteiger partial charge in [0.1, 0.15) is 5.82 Å². The summed E-state index contributed by atoms with van der Waals surface area (Å²) < 4.78 is 24.7. The summed E-state index contributed by atoms with van der Waals surface area (Å²) in [6.45, 7) is 0. The van der Waals surface area contributed by atoms with Gasteiger partial charge in [0.05, 0.1) is 12.2 Å². The Balaban J connectivity index is 2.66. The third-order valence-corrected chi connectivity index (χ3v) is 3.53. The summed E-state index contributed by atoms with van der Waals surface area (Å²) in [5, 5.41) is 8.61. The molecule has 1 aromatic rings. The van der Waals surface area contributed by atoms with Gasteiger partial charge in [-0.05, 0) is 12.1 Å². The minimum atomic E-state index is -1.42. The first-order valence-corrected chi connectivity index (χ1v) is 6.37. The second-order valence-electron chi connectivity index (χ2n) is 3.13. The van der Waals surface area contributed by atoms with Crippen molar-refractivity contribution in [1.29, 1.82) is 0 Å². The number of carboxylic acids is 1. The maximum Gasteiger partial charge on any atom is 0.304 e. The molecule has 88 valence electrons. The van der Waals surface area contributed by atoms with Crippen molar-refractivity contribution in [3.8, 4) is 0 Å². The van der Waals surface area contributed by atoms with E-state index < -0.39 is 22.6 Å². The van der Waals surface area contributed by atoms with Crippen molar-refractivity contribution in [3.05, 3.63) is 34.6 Å². The fraction of sp³-hybridized carbons (Fsp3) is 0.300. The van der Waals surface area contributed by atoms with Crippen LogP contribution in [0.25, 0.3) is 0 Å². The summed E-state index contributed by atoms with van der Waals surface area (Å²) in [5.74, 6) is -1.59. The molecule has 0 saturated carbocycles. The molecule has 1 unspecified atom stereocenters. The highest BCUT2D eigenvalue weighted by Crippen LogP contribution is 2.20. The first kappa shape index (κ1) is 13.1. The van der Waals surface area contributed by atoms with Crippen molar-refractivity contribution in [2.24, 2.45) is 0 Å². The van der Waals surface area contributed by atoms with Crippen LogP contribution in [0.3, 0.4) is 0 Å². The van der Waals surface area contributed by atoms with E-state index in [4.69, 9.17) is 16.7 Å². The van der Waals surface area contributed by atoms with Gasteiger partial charge in [0, 0.05) is 27.1 Å². The number of benzene rings is 1. The van der Waals surface area contributed by atoms with Crippen molar-refractivity contribution in [1.82, 2.24) is 0 Å². The van der Waals surface area contributed by atoms with Crippen LogP contribution in [0.4, 0.5) is 4.39 Å². The zero-order valence-corrected chi connectivity index (χ0v) is 9.85. The summed E-state index contributed by atoms with van der Waals surface area (Å²) in [7, 11) is -1.42. The van der Waals surface area contributed by atoms with Gasteiger partial charge in [0.15, 0.2) is 0 Å². The Hall–Kier alpha value is -0.940. The van der Waals surface area contributed by atoms with Gasteiger partial charge < -0.3 is 5.11 Å². The van der Waals surface area contributed by atoms with Gasteiger partial charge >= 0.3 is 5.97 Å².